The smallest absolute Gasteiger partial charge is 0.255 e. The van der Waals surface area contributed by atoms with Crippen molar-refractivity contribution < 1.29 is 9.53 Å². The van der Waals surface area contributed by atoms with Crippen molar-refractivity contribution in [3.8, 4) is 17.1 Å². The second-order valence-electron chi connectivity index (χ2n) is 5.71. The van der Waals surface area contributed by atoms with Crippen molar-refractivity contribution in [2.24, 2.45) is 0 Å². The monoisotopic (exact) mass is 360 g/mol. The van der Waals surface area contributed by atoms with Gasteiger partial charge in [0.1, 0.15) is 18.4 Å². The Morgan fingerprint density at radius 2 is 1.78 bits per heavy atom. The topological polar surface area (TPSA) is 86.9 Å². The molecule has 0 unspecified atom stereocenters. The lowest BCUT2D eigenvalue weighted by atomic mass is 10.2. The molecule has 1 amide bonds. The van der Waals surface area contributed by atoms with Crippen LogP contribution in [-0.2, 0) is 0 Å². The Morgan fingerprint density at radius 3 is 2.44 bits per heavy atom. The van der Waals surface area contributed by atoms with E-state index in [4.69, 9.17) is 4.74 Å². The summed E-state index contributed by atoms with van der Waals surface area (Å²) in [4.78, 5) is 12.7. The minimum absolute atomic E-state index is 0.235. The third-order valence-corrected chi connectivity index (χ3v) is 4.05. The van der Waals surface area contributed by atoms with Crippen molar-refractivity contribution in [3.05, 3.63) is 79.1 Å². The lowest BCUT2D eigenvalue weighted by Crippen LogP contribution is -2.13. The minimum atomic E-state index is -0.235. The Morgan fingerprint density at radius 1 is 1.04 bits per heavy atom. The molecule has 0 atom stereocenters. The fourth-order valence-electron chi connectivity index (χ4n) is 2.67. The summed E-state index contributed by atoms with van der Waals surface area (Å²) in [7, 11) is 1.56. The Bertz CT molecular complexity index is 1040. The number of nitrogens with one attached hydrogen (secondary N) is 1. The molecular weight excluding hydrogens is 344 g/mol. The van der Waals surface area contributed by atoms with E-state index in [0.717, 1.165) is 11.4 Å². The zero-order valence-electron chi connectivity index (χ0n) is 14.5. The Hall–Kier alpha value is -3.94. The van der Waals surface area contributed by atoms with E-state index in [1.807, 2.05) is 30.5 Å². The van der Waals surface area contributed by atoms with Crippen LogP contribution in [0.2, 0.25) is 0 Å². The molecule has 0 fully saturated rings. The van der Waals surface area contributed by atoms with Gasteiger partial charge in [-0.15, -0.1) is 10.2 Å². The van der Waals surface area contributed by atoms with E-state index in [0.29, 0.717) is 17.0 Å². The molecule has 0 bridgehead atoms. The van der Waals surface area contributed by atoms with Crippen molar-refractivity contribution >= 4 is 11.6 Å². The molecule has 2 heterocycles. The third kappa shape index (κ3) is 3.40. The van der Waals surface area contributed by atoms with Gasteiger partial charge >= 0.3 is 0 Å². The fourth-order valence-corrected chi connectivity index (χ4v) is 2.67. The Labute approximate surface area is 155 Å². The number of rotatable bonds is 5. The summed E-state index contributed by atoms with van der Waals surface area (Å²) in [6, 6.07) is 14.5. The van der Waals surface area contributed by atoms with Crippen LogP contribution < -0.4 is 10.1 Å². The summed E-state index contributed by atoms with van der Waals surface area (Å²) in [6.07, 6.45) is 6.72. The van der Waals surface area contributed by atoms with Gasteiger partial charge in [0.25, 0.3) is 5.91 Å². The average molecular weight is 360 g/mol. The maximum absolute atomic E-state index is 12.7. The van der Waals surface area contributed by atoms with Gasteiger partial charge in [-0.3, -0.25) is 9.36 Å². The molecule has 0 saturated carbocycles. The molecule has 8 heteroatoms. The van der Waals surface area contributed by atoms with Crippen LogP contribution in [-0.4, -0.2) is 37.6 Å². The number of methoxy groups -OCH3 is 1. The summed E-state index contributed by atoms with van der Waals surface area (Å²) in [6.45, 7) is 0. The highest BCUT2D eigenvalue weighted by atomic mass is 16.5. The second kappa shape index (κ2) is 7.12. The van der Waals surface area contributed by atoms with E-state index < -0.39 is 0 Å². The highest BCUT2D eigenvalue weighted by Gasteiger charge is 2.12. The number of anilines is 1. The van der Waals surface area contributed by atoms with Crippen LogP contribution in [0.1, 0.15) is 10.4 Å². The summed E-state index contributed by atoms with van der Waals surface area (Å²) in [5, 5.41) is 14.7. The van der Waals surface area contributed by atoms with Crippen LogP contribution in [0.15, 0.2) is 73.6 Å². The van der Waals surface area contributed by atoms with Crippen LogP contribution >= 0.6 is 0 Å². The van der Waals surface area contributed by atoms with Crippen LogP contribution in [0.25, 0.3) is 11.4 Å². The first-order chi connectivity index (χ1) is 13.2. The molecular formula is C19H16N6O2. The molecule has 4 rings (SSSR count). The number of amides is 1. The van der Waals surface area contributed by atoms with Crippen molar-refractivity contribution in [2.45, 2.75) is 0 Å². The summed E-state index contributed by atoms with van der Waals surface area (Å²) >= 11 is 0. The van der Waals surface area contributed by atoms with Gasteiger partial charge in [-0.05, 0) is 48.5 Å². The second-order valence-corrected chi connectivity index (χ2v) is 5.71. The SMILES string of the molecule is COc1ccc(-n2cnnc2)cc1NC(=O)c1ccc(-n2cccn2)cc1. The lowest BCUT2D eigenvalue weighted by molar-refractivity contribution is 0.102. The van der Waals surface area contributed by atoms with Crippen molar-refractivity contribution in [3.63, 3.8) is 0 Å². The molecule has 0 saturated heterocycles. The molecule has 0 spiro atoms. The first-order valence-corrected chi connectivity index (χ1v) is 8.19. The van der Waals surface area contributed by atoms with Crippen molar-refractivity contribution in [1.82, 2.24) is 24.5 Å². The van der Waals surface area contributed by atoms with Gasteiger partial charge in [0.15, 0.2) is 0 Å². The number of nitrogens with zero attached hydrogens (tertiary/aromatic N) is 5. The first kappa shape index (κ1) is 16.5. The van der Waals surface area contributed by atoms with Gasteiger partial charge in [-0.25, -0.2) is 4.68 Å². The normalized spacial score (nSPS) is 10.6. The van der Waals surface area contributed by atoms with Gasteiger partial charge < -0.3 is 10.1 Å². The van der Waals surface area contributed by atoms with Crippen LogP contribution in [0.3, 0.4) is 0 Å². The Balaban J connectivity index is 1.57. The molecule has 1 N–H and O–H groups in total. The zero-order valence-corrected chi connectivity index (χ0v) is 14.5. The molecule has 134 valence electrons. The Kier molecular flexibility index (Phi) is 4.36. The zero-order chi connectivity index (χ0) is 18.6. The molecule has 0 aliphatic carbocycles. The highest BCUT2D eigenvalue weighted by Crippen LogP contribution is 2.27. The van der Waals surface area contributed by atoms with Gasteiger partial charge in [-0.2, -0.15) is 5.10 Å². The van der Waals surface area contributed by atoms with E-state index in [9.17, 15) is 4.79 Å². The number of hydrogen-bond acceptors (Lipinski definition) is 5. The number of carbonyl (C=O) groups is 1. The van der Waals surface area contributed by atoms with Crippen molar-refractivity contribution in [1.29, 1.82) is 0 Å². The quantitative estimate of drug-likeness (QED) is 0.591. The van der Waals surface area contributed by atoms with E-state index in [1.165, 1.54) is 0 Å². The number of hydrogen-bond donors (Lipinski definition) is 1. The molecule has 27 heavy (non-hydrogen) atoms. The van der Waals surface area contributed by atoms with E-state index in [2.05, 4.69) is 20.6 Å². The van der Waals surface area contributed by atoms with Gasteiger partial charge in [0, 0.05) is 18.0 Å². The molecule has 2 aromatic heterocycles. The average Bonchev–Trinajstić information content (AvgIpc) is 3.42. The van der Waals surface area contributed by atoms with Gasteiger partial charge in [-0.1, -0.05) is 0 Å². The van der Waals surface area contributed by atoms with E-state index in [1.54, 1.807) is 59.5 Å². The highest BCUT2D eigenvalue weighted by molar-refractivity contribution is 6.05. The predicted octanol–water partition coefficient (Wildman–Crippen LogP) is 2.71. The van der Waals surface area contributed by atoms with E-state index >= 15 is 0 Å². The lowest BCUT2D eigenvalue weighted by Gasteiger charge is -2.12. The first-order valence-electron chi connectivity index (χ1n) is 8.19. The number of ether oxygens (including phenoxy) is 1. The standard InChI is InChI=1S/C19H16N6O2/c1-27-18-8-7-16(24-12-20-21-13-24)11-17(18)23-19(26)14-3-5-15(6-4-14)25-10-2-9-22-25/h2-13H,1H3,(H,23,26). The van der Waals surface area contributed by atoms with Crippen LogP contribution in [0, 0.1) is 0 Å². The molecule has 8 nitrogen and oxygen atoms in total. The summed E-state index contributed by atoms with van der Waals surface area (Å²) in [5.74, 6) is 0.328. The number of carbonyl (C=O) groups excluding carboxylic acids is 1. The third-order valence-electron chi connectivity index (χ3n) is 4.05. The predicted molar refractivity (Wildman–Crippen MR) is 99.4 cm³/mol. The molecule has 2 aromatic carbocycles. The maximum atomic E-state index is 12.7. The molecule has 0 aliphatic heterocycles. The minimum Gasteiger partial charge on any atom is -0.495 e. The maximum Gasteiger partial charge on any atom is 0.255 e. The van der Waals surface area contributed by atoms with E-state index in [-0.39, 0.29) is 5.91 Å². The largest absolute Gasteiger partial charge is 0.495 e. The van der Waals surface area contributed by atoms with Crippen molar-refractivity contribution in [2.75, 3.05) is 12.4 Å². The van der Waals surface area contributed by atoms with Crippen LogP contribution in [0.4, 0.5) is 5.69 Å². The van der Waals surface area contributed by atoms with Gasteiger partial charge in [0.05, 0.1) is 24.2 Å². The number of aromatic nitrogens is 5. The summed E-state index contributed by atoms with van der Waals surface area (Å²) in [5.41, 5.74) is 2.78. The molecule has 0 radical (unpaired) electrons. The summed E-state index contributed by atoms with van der Waals surface area (Å²) < 4.78 is 8.83. The van der Waals surface area contributed by atoms with Crippen LogP contribution in [0.5, 0.6) is 5.75 Å². The molecule has 4 aromatic rings. The molecule has 0 aliphatic rings. The fraction of sp³-hybridized carbons (Fsp3) is 0.0526. The number of benzene rings is 2. The van der Waals surface area contributed by atoms with Gasteiger partial charge in [0.2, 0.25) is 0 Å².